The van der Waals surface area contributed by atoms with Crippen molar-refractivity contribution in [3.63, 3.8) is 0 Å². The number of benzene rings is 3. The molecule has 1 fully saturated rings. The van der Waals surface area contributed by atoms with Crippen molar-refractivity contribution in [1.82, 2.24) is 4.90 Å². The minimum atomic E-state index is -0.743. The fraction of sp³-hybridized carbons (Fsp3) is 0.296. The first kappa shape index (κ1) is 21.8. The zero-order chi connectivity index (χ0) is 21.7. The molecule has 1 aliphatic rings. The van der Waals surface area contributed by atoms with Crippen molar-refractivity contribution in [2.45, 2.75) is 23.3 Å². The SMILES string of the molecule is CSc1ccc(C(=O)C(C)(C(c2ccccc2)c2ccccc2)N2CCOCC2)cc1. The highest BCUT2D eigenvalue weighted by Crippen LogP contribution is 2.41. The second-order valence-electron chi connectivity index (χ2n) is 8.06. The molecule has 160 valence electrons. The van der Waals surface area contributed by atoms with Gasteiger partial charge in [-0.2, -0.15) is 0 Å². The molecule has 0 amide bonds. The molecule has 3 nitrogen and oxygen atoms in total. The lowest BCUT2D eigenvalue weighted by Gasteiger charge is -2.47. The molecule has 1 unspecified atom stereocenters. The molecule has 31 heavy (non-hydrogen) atoms. The second-order valence-corrected chi connectivity index (χ2v) is 8.94. The summed E-state index contributed by atoms with van der Waals surface area (Å²) in [5.41, 5.74) is 2.31. The average molecular weight is 432 g/mol. The molecule has 0 saturated carbocycles. The molecule has 3 aromatic rings. The highest BCUT2D eigenvalue weighted by molar-refractivity contribution is 7.98. The van der Waals surface area contributed by atoms with Gasteiger partial charge in [-0.3, -0.25) is 9.69 Å². The van der Waals surface area contributed by atoms with Crippen molar-refractivity contribution >= 4 is 17.5 Å². The third-order valence-electron chi connectivity index (χ3n) is 6.31. The van der Waals surface area contributed by atoms with Gasteiger partial charge in [0.15, 0.2) is 5.78 Å². The summed E-state index contributed by atoms with van der Waals surface area (Å²) >= 11 is 1.69. The number of morpholine rings is 1. The highest BCUT2D eigenvalue weighted by Gasteiger charge is 2.48. The fourth-order valence-electron chi connectivity index (χ4n) is 4.65. The van der Waals surface area contributed by atoms with E-state index < -0.39 is 5.54 Å². The Morgan fingerprint density at radius 1 is 0.871 bits per heavy atom. The van der Waals surface area contributed by atoms with Gasteiger partial charge in [-0.1, -0.05) is 72.8 Å². The number of carbonyl (C=O) groups excluding carboxylic acids is 1. The molecule has 4 rings (SSSR count). The van der Waals surface area contributed by atoms with Crippen LogP contribution in [0.15, 0.2) is 89.8 Å². The molecular formula is C27H29NO2S. The zero-order valence-electron chi connectivity index (χ0n) is 18.2. The van der Waals surface area contributed by atoms with Gasteiger partial charge in [-0.05, 0) is 36.4 Å². The van der Waals surface area contributed by atoms with Crippen LogP contribution in [0.5, 0.6) is 0 Å². The Morgan fingerprint density at radius 2 is 1.39 bits per heavy atom. The van der Waals surface area contributed by atoms with Gasteiger partial charge in [0.1, 0.15) is 0 Å². The lowest BCUT2D eigenvalue weighted by molar-refractivity contribution is -0.0143. The average Bonchev–Trinajstić information content (AvgIpc) is 2.85. The summed E-state index contributed by atoms with van der Waals surface area (Å²) < 4.78 is 5.65. The molecule has 4 heteroatoms. The van der Waals surface area contributed by atoms with Crippen molar-refractivity contribution in [2.24, 2.45) is 0 Å². The zero-order valence-corrected chi connectivity index (χ0v) is 19.0. The van der Waals surface area contributed by atoms with Crippen LogP contribution >= 0.6 is 11.8 Å². The minimum Gasteiger partial charge on any atom is -0.379 e. The Labute approximate surface area is 189 Å². The second kappa shape index (κ2) is 9.82. The normalized spacial score (nSPS) is 16.7. The summed E-state index contributed by atoms with van der Waals surface area (Å²) in [6.45, 7) is 4.88. The van der Waals surface area contributed by atoms with Gasteiger partial charge < -0.3 is 4.74 Å². The van der Waals surface area contributed by atoms with Crippen LogP contribution in [0.1, 0.15) is 34.3 Å². The van der Waals surface area contributed by atoms with E-state index in [-0.39, 0.29) is 11.7 Å². The molecular weight excluding hydrogens is 402 g/mol. The van der Waals surface area contributed by atoms with Crippen molar-refractivity contribution < 1.29 is 9.53 Å². The number of ether oxygens (including phenoxy) is 1. The van der Waals surface area contributed by atoms with Crippen molar-refractivity contribution in [2.75, 3.05) is 32.6 Å². The van der Waals surface area contributed by atoms with Gasteiger partial charge in [-0.15, -0.1) is 11.8 Å². The van der Waals surface area contributed by atoms with Crippen molar-refractivity contribution in [3.8, 4) is 0 Å². The number of carbonyl (C=O) groups is 1. The van der Waals surface area contributed by atoms with Gasteiger partial charge in [0.05, 0.1) is 18.8 Å². The third-order valence-corrected chi connectivity index (χ3v) is 7.05. The first-order chi connectivity index (χ1) is 15.1. The van der Waals surface area contributed by atoms with Gasteiger partial charge in [0, 0.05) is 29.5 Å². The first-order valence-electron chi connectivity index (χ1n) is 10.8. The highest BCUT2D eigenvalue weighted by atomic mass is 32.2. The van der Waals surface area contributed by atoms with E-state index in [1.54, 1.807) is 11.8 Å². The summed E-state index contributed by atoms with van der Waals surface area (Å²) in [6, 6.07) is 28.9. The molecule has 0 aromatic heterocycles. The summed E-state index contributed by atoms with van der Waals surface area (Å²) in [6.07, 6.45) is 2.05. The van der Waals surface area contributed by atoms with E-state index in [9.17, 15) is 4.79 Å². The standard InChI is InChI=1S/C27H29NO2S/c1-27(28-17-19-30-20-18-28,26(29)23-13-15-24(31-2)16-14-23)25(21-9-5-3-6-10-21)22-11-7-4-8-12-22/h3-16,25H,17-20H2,1-2H3. The van der Waals surface area contributed by atoms with Gasteiger partial charge in [0.25, 0.3) is 0 Å². The van der Waals surface area contributed by atoms with Crippen molar-refractivity contribution in [1.29, 1.82) is 0 Å². The van der Waals surface area contributed by atoms with Gasteiger partial charge in [0.2, 0.25) is 0 Å². The number of ketones is 1. The van der Waals surface area contributed by atoms with E-state index in [4.69, 9.17) is 4.74 Å². The van der Waals surface area contributed by atoms with Crippen LogP contribution < -0.4 is 0 Å². The summed E-state index contributed by atoms with van der Waals surface area (Å²) in [5, 5.41) is 0. The molecule has 1 atom stereocenters. The van der Waals surface area contributed by atoms with Crippen LogP contribution in [0.3, 0.4) is 0 Å². The van der Waals surface area contributed by atoms with Crippen LogP contribution in [0.25, 0.3) is 0 Å². The topological polar surface area (TPSA) is 29.5 Å². The quantitative estimate of drug-likeness (QED) is 0.364. The monoisotopic (exact) mass is 431 g/mol. The van der Waals surface area contributed by atoms with Gasteiger partial charge in [-0.25, -0.2) is 0 Å². The Morgan fingerprint density at radius 3 is 1.87 bits per heavy atom. The largest absolute Gasteiger partial charge is 0.379 e. The molecule has 0 radical (unpaired) electrons. The number of nitrogens with zero attached hydrogens (tertiary/aromatic N) is 1. The molecule has 0 spiro atoms. The van der Waals surface area contributed by atoms with E-state index in [1.807, 2.05) is 36.4 Å². The maximum atomic E-state index is 14.3. The Balaban J connectivity index is 1.87. The number of thioether (sulfide) groups is 1. The maximum Gasteiger partial charge on any atom is 0.183 e. The number of Topliss-reactive ketones (excluding diaryl/α,β-unsaturated/α-hetero) is 1. The smallest absolute Gasteiger partial charge is 0.183 e. The molecule has 0 N–H and O–H groups in total. The molecule has 0 aliphatic carbocycles. The van der Waals surface area contributed by atoms with E-state index in [0.29, 0.717) is 13.2 Å². The lowest BCUT2D eigenvalue weighted by atomic mass is 9.71. The van der Waals surface area contributed by atoms with Crippen LogP contribution in [0.2, 0.25) is 0 Å². The lowest BCUT2D eigenvalue weighted by Crippen LogP contribution is -2.59. The number of hydrogen-bond donors (Lipinski definition) is 0. The van der Waals surface area contributed by atoms with Crippen LogP contribution in [0, 0.1) is 0 Å². The van der Waals surface area contributed by atoms with Crippen molar-refractivity contribution in [3.05, 3.63) is 102 Å². The summed E-state index contributed by atoms with van der Waals surface area (Å²) in [5.74, 6) is 0.0560. The Kier molecular flexibility index (Phi) is 6.91. The maximum absolute atomic E-state index is 14.3. The van der Waals surface area contributed by atoms with E-state index >= 15 is 0 Å². The van der Waals surface area contributed by atoms with E-state index in [1.165, 1.54) is 0 Å². The number of hydrogen-bond acceptors (Lipinski definition) is 4. The van der Waals surface area contributed by atoms with E-state index in [0.717, 1.165) is 34.7 Å². The molecule has 0 bridgehead atoms. The van der Waals surface area contributed by atoms with Gasteiger partial charge >= 0.3 is 0 Å². The predicted molar refractivity (Wildman–Crippen MR) is 128 cm³/mol. The third kappa shape index (κ3) is 4.47. The molecule has 3 aromatic carbocycles. The minimum absolute atomic E-state index is 0.0965. The van der Waals surface area contributed by atoms with Crippen LogP contribution in [0.4, 0.5) is 0 Å². The Hall–Kier alpha value is -2.40. The first-order valence-corrected chi connectivity index (χ1v) is 12.0. The van der Waals surface area contributed by atoms with Crippen LogP contribution in [-0.2, 0) is 4.74 Å². The van der Waals surface area contributed by atoms with Crippen LogP contribution in [-0.4, -0.2) is 48.8 Å². The Bertz CT molecular complexity index is 945. The predicted octanol–water partition coefficient (Wildman–Crippen LogP) is 5.51. The molecule has 1 heterocycles. The summed E-state index contributed by atoms with van der Waals surface area (Å²) in [4.78, 5) is 17.7. The fourth-order valence-corrected chi connectivity index (χ4v) is 5.06. The number of rotatable bonds is 7. The summed E-state index contributed by atoms with van der Waals surface area (Å²) in [7, 11) is 0. The molecule has 1 saturated heterocycles. The molecule has 1 aliphatic heterocycles. The van der Waals surface area contributed by atoms with E-state index in [2.05, 4.69) is 66.6 Å².